The number of rotatable bonds is 3. The van der Waals surface area contributed by atoms with Gasteiger partial charge >= 0.3 is 0 Å². The minimum atomic E-state index is -0.0454. The van der Waals surface area contributed by atoms with Crippen LogP contribution in [0.1, 0.15) is 97.3 Å². The van der Waals surface area contributed by atoms with Crippen LogP contribution in [0.2, 0.25) is 0 Å². The highest BCUT2D eigenvalue weighted by atomic mass is 16.2. The highest BCUT2D eigenvalue weighted by molar-refractivity contribution is 5.98. The van der Waals surface area contributed by atoms with E-state index in [2.05, 4.69) is 19.2 Å². The van der Waals surface area contributed by atoms with E-state index in [4.69, 9.17) is 0 Å². The Balaban J connectivity index is 1.26. The molecule has 4 fully saturated rings. The lowest BCUT2D eigenvalue weighted by atomic mass is 9.71. The van der Waals surface area contributed by atoms with Gasteiger partial charge in [-0.05, 0) is 94.3 Å². The molecular formula is C25H40N2O3. The summed E-state index contributed by atoms with van der Waals surface area (Å²) >= 11 is 0. The van der Waals surface area contributed by atoms with E-state index in [1.807, 2.05) is 0 Å². The van der Waals surface area contributed by atoms with E-state index < -0.39 is 0 Å². The minimum Gasteiger partial charge on any atom is -0.353 e. The van der Waals surface area contributed by atoms with E-state index in [1.54, 1.807) is 4.90 Å². The van der Waals surface area contributed by atoms with E-state index in [0.717, 1.165) is 83.0 Å². The third-order valence-electron chi connectivity index (χ3n) is 8.73. The molecule has 3 aliphatic carbocycles. The molecular weight excluding hydrogens is 376 g/mol. The van der Waals surface area contributed by atoms with Crippen molar-refractivity contribution in [1.29, 1.82) is 0 Å². The van der Waals surface area contributed by atoms with Crippen LogP contribution in [0.4, 0.5) is 0 Å². The Bertz CT molecular complexity index is 651. The molecule has 0 atom stereocenters. The summed E-state index contributed by atoms with van der Waals surface area (Å²) in [5, 5.41) is 3.31. The van der Waals surface area contributed by atoms with Gasteiger partial charge in [-0.2, -0.15) is 0 Å². The molecule has 1 aliphatic heterocycles. The van der Waals surface area contributed by atoms with Crippen molar-refractivity contribution in [2.24, 2.45) is 29.1 Å². The third kappa shape index (κ3) is 4.75. The van der Waals surface area contributed by atoms with Crippen LogP contribution in [-0.2, 0) is 14.4 Å². The van der Waals surface area contributed by atoms with E-state index in [9.17, 15) is 14.4 Å². The average molecular weight is 417 g/mol. The second-order valence-corrected chi connectivity index (χ2v) is 11.2. The van der Waals surface area contributed by atoms with Crippen molar-refractivity contribution in [3.05, 3.63) is 0 Å². The van der Waals surface area contributed by atoms with Gasteiger partial charge < -0.3 is 5.32 Å². The molecule has 3 amide bonds. The zero-order chi connectivity index (χ0) is 21.3. The van der Waals surface area contributed by atoms with E-state index >= 15 is 0 Å². The molecule has 30 heavy (non-hydrogen) atoms. The predicted molar refractivity (Wildman–Crippen MR) is 116 cm³/mol. The summed E-state index contributed by atoms with van der Waals surface area (Å²) < 4.78 is 0. The third-order valence-corrected chi connectivity index (χ3v) is 8.73. The van der Waals surface area contributed by atoms with Crippen molar-refractivity contribution in [2.75, 3.05) is 6.54 Å². The summed E-state index contributed by atoms with van der Waals surface area (Å²) in [7, 11) is 0. The first-order valence-corrected chi connectivity index (χ1v) is 12.5. The lowest BCUT2D eigenvalue weighted by molar-refractivity contribution is -0.145. The van der Waals surface area contributed by atoms with Crippen LogP contribution in [0.25, 0.3) is 0 Å². The van der Waals surface area contributed by atoms with Crippen LogP contribution in [0.15, 0.2) is 0 Å². The molecule has 0 aromatic rings. The Labute approximate surface area is 181 Å². The number of carbonyl (C=O) groups excluding carboxylic acids is 3. The second-order valence-electron chi connectivity index (χ2n) is 11.2. The molecule has 0 unspecified atom stereocenters. The molecule has 3 saturated carbocycles. The highest BCUT2D eigenvalue weighted by Crippen LogP contribution is 2.45. The SMILES string of the molecule is CC1CCC(C(=O)NC2CCC3(CC2)CC(=O)N(C(=O)C2CCC(C)CC2)C3)CC1. The van der Waals surface area contributed by atoms with E-state index in [0.29, 0.717) is 18.9 Å². The summed E-state index contributed by atoms with van der Waals surface area (Å²) in [6.07, 6.45) is 12.7. The second kappa shape index (κ2) is 9.00. The first-order chi connectivity index (χ1) is 14.3. The smallest absolute Gasteiger partial charge is 0.232 e. The fraction of sp³-hybridized carbons (Fsp3) is 0.880. The zero-order valence-corrected chi connectivity index (χ0v) is 19.0. The van der Waals surface area contributed by atoms with Crippen LogP contribution in [0.3, 0.4) is 0 Å². The van der Waals surface area contributed by atoms with Crippen molar-refractivity contribution in [3.8, 4) is 0 Å². The quantitative estimate of drug-likeness (QED) is 0.692. The number of likely N-dealkylation sites (tertiary alicyclic amines) is 1. The topological polar surface area (TPSA) is 66.5 Å². The highest BCUT2D eigenvalue weighted by Gasteiger charge is 2.48. The lowest BCUT2D eigenvalue weighted by Crippen LogP contribution is -2.45. The molecule has 5 nitrogen and oxygen atoms in total. The van der Waals surface area contributed by atoms with Gasteiger partial charge in [0, 0.05) is 30.8 Å². The maximum atomic E-state index is 13.0. The maximum absolute atomic E-state index is 13.0. The molecule has 0 aromatic heterocycles. The number of nitrogens with one attached hydrogen (secondary N) is 1. The number of hydrogen-bond acceptors (Lipinski definition) is 3. The van der Waals surface area contributed by atoms with Crippen molar-refractivity contribution in [1.82, 2.24) is 10.2 Å². The summed E-state index contributed by atoms with van der Waals surface area (Å²) in [4.78, 5) is 40.0. The predicted octanol–water partition coefficient (Wildman–Crippen LogP) is 4.44. The average Bonchev–Trinajstić information content (AvgIpc) is 3.06. The van der Waals surface area contributed by atoms with Gasteiger partial charge in [0.15, 0.2) is 0 Å². The molecule has 0 aromatic carbocycles. The molecule has 5 heteroatoms. The van der Waals surface area contributed by atoms with Gasteiger partial charge in [-0.15, -0.1) is 0 Å². The lowest BCUT2D eigenvalue weighted by Gasteiger charge is -2.38. The van der Waals surface area contributed by atoms with Gasteiger partial charge in [-0.3, -0.25) is 19.3 Å². The van der Waals surface area contributed by atoms with Gasteiger partial charge in [-0.1, -0.05) is 13.8 Å². The molecule has 1 heterocycles. The summed E-state index contributed by atoms with van der Waals surface area (Å²) in [6, 6.07) is 0.238. The first kappa shape index (κ1) is 21.8. The van der Waals surface area contributed by atoms with Gasteiger partial charge in [0.1, 0.15) is 0 Å². The summed E-state index contributed by atoms with van der Waals surface area (Å²) in [6.45, 7) is 5.14. The van der Waals surface area contributed by atoms with Crippen molar-refractivity contribution < 1.29 is 14.4 Å². The Morgan fingerprint density at radius 3 is 1.93 bits per heavy atom. The van der Waals surface area contributed by atoms with Crippen LogP contribution >= 0.6 is 0 Å². The van der Waals surface area contributed by atoms with Crippen LogP contribution in [0, 0.1) is 29.1 Å². The molecule has 4 rings (SSSR count). The number of nitrogens with zero attached hydrogens (tertiary/aromatic N) is 1. The molecule has 1 saturated heterocycles. The number of hydrogen-bond donors (Lipinski definition) is 1. The Morgan fingerprint density at radius 1 is 0.833 bits per heavy atom. The summed E-state index contributed by atoms with van der Waals surface area (Å²) in [5.41, 5.74) is -0.0454. The van der Waals surface area contributed by atoms with Crippen molar-refractivity contribution in [2.45, 2.75) is 103 Å². The van der Waals surface area contributed by atoms with Gasteiger partial charge in [-0.25, -0.2) is 0 Å². The maximum Gasteiger partial charge on any atom is 0.232 e. The van der Waals surface area contributed by atoms with Crippen molar-refractivity contribution in [3.63, 3.8) is 0 Å². The Kier molecular flexibility index (Phi) is 6.55. The molecule has 0 bridgehead atoms. The van der Waals surface area contributed by atoms with E-state index in [-0.39, 0.29) is 41.0 Å². The number of carbonyl (C=O) groups is 3. The van der Waals surface area contributed by atoms with Gasteiger partial charge in [0.05, 0.1) is 0 Å². The van der Waals surface area contributed by atoms with Gasteiger partial charge in [0.25, 0.3) is 0 Å². The van der Waals surface area contributed by atoms with E-state index in [1.165, 1.54) is 0 Å². The first-order valence-electron chi connectivity index (χ1n) is 12.5. The van der Waals surface area contributed by atoms with Crippen molar-refractivity contribution >= 4 is 17.7 Å². The molecule has 0 radical (unpaired) electrons. The molecule has 1 spiro atoms. The standard InChI is InChI=1S/C25H40N2O3/c1-17-3-7-19(8-4-17)23(29)26-21-11-13-25(14-12-21)15-22(28)27(16-25)24(30)20-9-5-18(2)6-10-20/h17-21H,3-16H2,1-2H3,(H,26,29). The Morgan fingerprint density at radius 2 is 1.37 bits per heavy atom. The fourth-order valence-electron chi connectivity index (χ4n) is 6.37. The monoisotopic (exact) mass is 416 g/mol. The zero-order valence-electron chi connectivity index (χ0n) is 19.0. The fourth-order valence-corrected chi connectivity index (χ4v) is 6.37. The minimum absolute atomic E-state index is 0.0393. The van der Waals surface area contributed by atoms with Crippen LogP contribution in [-0.4, -0.2) is 35.2 Å². The molecule has 4 aliphatic rings. The Hall–Kier alpha value is -1.39. The molecule has 168 valence electrons. The summed E-state index contributed by atoms with van der Waals surface area (Å²) in [5.74, 6) is 2.07. The number of amides is 3. The van der Waals surface area contributed by atoms with Crippen LogP contribution < -0.4 is 5.32 Å². The van der Waals surface area contributed by atoms with Gasteiger partial charge in [0.2, 0.25) is 17.7 Å². The largest absolute Gasteiger partial charge is 0.353 e. The number of imide groups is 1. The molecule has 1 N–H and O–H groups in total. The van der Waals surface area contributed by atoms with Crippen LogP contribution in [0.5, 0.6) is 0 Å². The normalized spacial score (nSPS) is 39.9.